The largest absolute Gasteiger partial charge is 0.345 e. The minimum absolute atomic E-state index is 0.143. The second-order valence-electron chi connectivity index (χ2n) is 8.51. The van der Waals surface area contributed by atoms with E-state index in [1.165, 1.54) is 49.9 Å². The van der Waals surface area contributed by atoms with E-state index in [-0.39, 0.29) is 11.5 Å². The van der Waals surface area contributed by atoms with Crippen LogP contribution in [0.2, 0.25) is 0 Å². The molecule has 1 aromatic heterocycles. The third-order valence-electron chi connectivity index (χ3n) is 6.55. The Labute approximate surface area is 171 Å². The zero-order valence-corrected chi connectivity index (χ0v) is 17.3. The number of hydrogen-bond acceptors (Lipinski definition) is 5. The maximum atomic E-state index is 12.7. The van der Waals surface area contributed by atoms with Crippen molar-refractivity contribution in [1.82, 2.24) is 24.8 Å². The molecule has 29 heavy (non-hydrogen) atoms. The van der Waals surface area contributed by atoms with Gasteiger partial charge in [-0.15, -0.1) is 5.10 Å². The van der Waals surface area contributed by atoms with Crippen LogP contribution in [0.3, 0.4) is 0 Å². The first-order valence-corrected chi connectivity index (χ1v) is 10.9. The molecule has 0 N–H and O–H groups in total. The van der Waals surface area contributed by atoms with Gasteiger partial charge in [-0.25, -0.2) is 4.68 Å². The fourth-order valence-corrected chi connectivity index (χ4v) is 4.98. The van der Waals surface area contributed by atoms with Crippen LogP contribution in [0.1, 0.15) is 44.9 Å². The Morgan fingerprint density at radius 3 is 2.90 bits per heavy atom. The van der Waals surface area contributed by atoms with Gasteiger partial charge in [0.15, 0.2) is 0 Å². The number of carbonyl (C=O) groups is 1. The molecular formula is C22H31N5O2. The summed E-state index contributed by atoms with van der Waals surface area (Å²) >= 11 is 0. The highest BCUT2D eigenvalue weighted by Crippen LogP contribution is 2.31. The van der Waals surface area contributed by atoms with Crippen molar-refractivity contribution in [2.24, 2.45) is 5.92 Å². The van der Waals surface area contributed by atoms with Crippen molar-refractivity contribution < 1.29 is 4.79 Å². The molecule has 2 atom stereocenters. The van der Waals surface area contributed by atoms with Gasteiger partial charge >= 0.3 is 0 Å². The fourth-order valence-electron chi connectivity index (χ4n) is 4.98. The first-order valence-electron chi connectivity index (χ1n) is 10.9. The van der Waals surface area contributed by atoms with Crippen molar-refractivity contribution >= 4 is 16.8 Å². The summed E-state index contributed by atoms with van der Waals surface area (Å²) in [4.78, 5) is 29.7. The molecule has 156 valence electrons. The second kappa shape index (κ2) is 9.03. The van der Waals surface area contributed by atoms with E-state index in [9.17, 15) is 9.59 Å². The van der Waals surface area contributed by atoms with E-state index < -0.39 is 0 Å². The lowest BCUT2D eigenvalue weighted by atomic mass is 9.83. The molecule has 2 saturated heterocycles. The number of fused-ring (bicyclic) bond motifs is 2. The van der Waals surface area contributed by atoms with Gasteiger partial charge in [0, 0.05) is 32.6 Å². The molecule has 4 rings (SSSR count). The molecule has 2 fully saturated rings. The number of amides is 1. The average Bonchev–Trinajstić information content (AvgIpc) is 2.75. The predicted molar refractivity (Wildman–Crippen MR) is 113 cm³/mol. The zero-order valence-electron chi connectivity index (χ0n) is 17.3. The van der Waals surface area contributed by atoms with Crippen LogP contribution in [-0.2, 0) is 11.3 Å². The highest BCUT2D eigenvalue weighted by atomic mass is 16.2. The maximum Gasteiger partial charge on any atom is 0.277 e. The van der Waals surface area contributed by atoms with Crippen molar-refractivity contribution in [3.8, 4) is 0 Å². The monoisotopic (exact) mass is 397 g/mol. The van der Waals surface area contributed by atoms with Crippen LogP contribution in [0, 0.1) is 5.92 Å². The van der Waals surface area contributed by atoms with Gasteiger partial charge < -0.3 is 9.80 Å². The highest BCUT2D eigenvalue weighted by molar-refractivity contribution is 5.76. The number of aromatic nitrogens is 3. The summed E-state index contributed by atoms with van der Waals surface area (Å²) in [6.45, 7) is 3.70. The van der Waals surface area contributed by atoms with E-state index in [1.54, 1.807) is 12.1 Å². The summed E-state index contributed by atoms with van der Waals surface area (Å²) < 4.78 is 1.37. The molecule has 0 aliphatic carbocycles. The van der Waals surface area contributed by atoms with Gasteiger partial charge in [-0.1, -0.05) is 23.8 Å². The minimum atomic E-state index is -0.143. The van der Waals surface area contributed by atoms with Crippen molar-refractivity contribution in [2.45, 2.75) is 57.5 Å². The summed E-state index contributed by atoms with van der Waals surface area (Å²) in [6, 6.07) is 7.87. The Bertz CT molecular complexity index is 909. The van der Waals surface area contributed by atoms with Gasteiger partial charge in [-0.2, -0.15) is 0 Å². The van der Waals surface area contributed by atoms with E-state index >= 15 is 0 Å². The van der Waals surface area contributed by atoms with Gasteiger partial charge in [-0.3, -0.25) is 9.59 Å². The maximum absolute atomic E-state index is 12.7. The molecule has 0 bridgehead atoms. The Morgan fingerprint density at radius 2 is 2.00 bits per heavy atom. The van der Waals surface area contributed by atoms with Gasteiger partial charge in [-0.05, 0) is 63.2 Å². The van der Waals surface area contributed by atoms with Crippen LogP contribution < -0.4 is 5.56 Å². The van der Waals surface area contributed by atoms with E-state index in [2.05, 4.69) is 15.2 Å². The van der Waals surface area contributed by atoms with Crippen molar-refractivity contribution in [1.29, 1.82) is 0 Å². The van der Waals surface area contributed by atoms with Crippen LogP contribution >= 0.6 is 0 Å². The van der Waals surface area contributed by atoms with Crippen molar-refractivity contribution in [2.75, 3.05) is 26.7 Å². The Hall–Kier alpha value is -2.28. The van der Waals surface area contributed by atoms with Crippen LogP contribution in [0.25, 0.3) is 10.9 Å². The number of carbonyl (C=O) groups excluding carboxylic acids is 1. The SMILES string of the molecule is CN(C[C@H]1CCCN2CCCC[C@H]12)C(=O)CCCn1nnc2ccccc2c1=O. The van der Waals surface area contributed by atoms with E-state index in [4.69, 9.17) is 0 Å². The van der Waals surface area contributed by atoms with Crippen LogP contribution in [0.5, 0.6) is 0 Å². The van der Waals surface area contributed by atoms with Gasteiger partial charge in [0.1, 0.15) is 5.52 Å². The summed E-state index contributed by atoms with van der Waals surface area (Å²) in [5, 5.41) is 8.68. The molecule has 7 nitrogen and oxygen atoms in total. The van der Waals surface area contributed by atoms with Crippen LogP contribution in [0.4, 0.5) is 0 Å². The minimum Gasteiger partial charge on any atom is -0.345 e. The molecule has 2 aliphatic rings. The number of rotatable bonds is 6. The molecule has 2 aliphatic heterocycles. The Morgan fingerprint density at radius 1 is 1.17 bits per heavy atom. The van der Waals surface area contributed by atoms with Crippen LogP contribution in [0.15, 0.2) is 29.1 Å². The Kier molecular flexibility index (Phi) is 6.23. The van der Waals surface area contributed by atoms with Gasteiger partial charge in [0.2, 0.25) is 5.91 Å². The number of hydrogen-bond donors (Lipinski definition) is 0. The topological polar surface area (TPSA) is 71.3 Å². The van der Waals surface area contributed by atoms with Gasteiger partial charge in [0.05, 0.1) is 5.39 Å². The molecule has 7 heteroatoms. The summed E-state index contributed by atoms with van der Waals surface area (Å²) in [6.07, 6.45) is 7.39. The number of benzene rings is 1. The molecule has 0 spiro atoms. The first kappa shape index (κ1) is 20.0. The second-order valence-corrected chi connectivity index (χ2v) is 8.51. The molecule has 0 unspecified atom stereocenters. The number of aryl methyl sites for hydroxylation is 1. The summed E-state index contributed by atoms with van der Waals surface area (Å²) in [5.74, 6) is 0.742. The molecular weight excluding hydrogens is 366 g/mol. The van der Waals surface area contributed by atoms with Crippen LogP contribution in [-0.4, -0.2) is 63.4 Å². The zero-order chi connectivity index (χ0) is 20.2. The predicted octanol–water partition coefficient (Wildman–Crippen LogP) is 2.29. The molecule has 0 saturated carbocycles. The lowest BCUT2D eigenvalue weighted by molar-refractivity contribution is -0.131. The molecule has 0 radical (unpaired) electrons. The van der Waals surface area contributed by atoms with E-state index in [1.807, 2.05) is 24.1 Å². The first-order chi connectivity index (χ1) is 14.1. The number of nitrogens with zero attached hydrogens (tertiary/aromatic N) is 5. The lowest BCUT2D eigenvalue weighted by Gasteiger charge is -2.45. The third kappa shape index (κ3) is 4.50. The smallest absolute Gasteiger partial charge is 0.277 e. The molecule has 1 aromatic carbocycles. The molecule has 3 heterocycles. The summed E-state index contributed by atoms with van der Waals surface area (Å²) in [5.41, 5.74) is 0.463. The fraction of sp³-hybridized carbons (Fsp3) is 0.636. The summed E-state index contributed by atoms with van der Waals surface area (Å²) in [7, 11) is 1.92. The quantitative estimate of drug-likeness (QED) is 0.748. The highest BCUT2D eigenvalue weighted by Gasteiger charge is 2.33. The Balaban J connectivity index is 1.29. The average molecular weight is 398 g/mol. The van der Waals surface area contributed by atoms with E-state index in [0.29, 0.717) is 42.2 Å². The lowest BCUT2D eigenvalue weighted by Crippen LogP contribution is -2.51. The van der Waals surface area contributed by atoms with E-state index in [0.717, 1.165) is 6.54 Å². The van der Waals surface area contributed by atoms with Crippen molar-refractivity contribution in [3.05, 3.63) is 34.6 Å². The van der Waals surface area contributed by atoms with Gasteiger partial charge in [0.25, 0.3) is 5.56 Å². The molecule has 1 amide bonds. The number of piperidine rings is 2. The standard InChI is InChI=1S/C22H31N5O2/c1-25(16-17-8-6-14-26-13-5-4-11-20(17)26)21(28)12-7-15-27-22(29)18-9-2-3-10-19(18)23-24-27/h2-3,9-10,17,20H,4-8,11-16H2,1H3/t17-,20-/m1/s1. The van der Waals surface area contributed by atoms with Crippen molar-refractivity contribution in [3.63, 3.8) is 0 Å². The normalized spacial score (nSPS) is 22.4. The molecule has 2 aromatic rings. The third-order valence-corrected chi connectivity index (χ3v) is 6.55.